The number of fused-ring (bicyclic) bond motifs is 1. The van der Waals surface area contributed by atoms with Crippen molar-refractivity contribution in [3.63, 3.8) is 0 Å². The second-order valence-electron chi connectivity index (χ2n) is 7.18. The molecule has 1 aliphatic heterocycles. The Hall–Kier alpha value is -2.07. The predicted molar refractivity (Wildman–Crippen MR) is 79.7 cm³/mol. The number of alkyl halides is 5. The predicted octanol–water partition coefficient (Wildman–Crippen LogP) is 2.93. The number of aromatic nitrogens is 5. The van der Waals surface area contributed by atoms with Gasteiger partial charge in [-0.15, -0.1) is 5.10 Å². The Morgan fingerprint density at radius 2 is 1.80 bits per heavy atom. The number of rotatable bonds is 2. The summed E-state index contributed by atoms with van der Waals surface area (Å²) in [5, 5.41) is 7.22. The molecule has 3 rings (SSSR count). The summed E-state index contributed by atoms with van der Waals surface area (Å²) in [6, 6.07) is 0. The van der Waals surface area contributed by atoms with Crippen LogP contribution in [0.2, 0.25) is 0 Å². The number of hydrogen-bond acceptors (Lipinski definition) is 5. The van der Waals surface area contributed by atoms with Crippen molar-refractivity contribution in [3.8, 4) is 0 Å². The highest BCUT2D eigenvalue weighted by atomic mass is 19.4. The maximum absolute atomic E-state index is 13.6. The van der Waals surface area contributed by atoms with Gasteiger partial charge in [0.15, 0.2) is 17.0 Å². The first-order chi connectivity index (χ1) is 11.4. The van der Waals surface area contributed by atoms with Gasteiger partial charge in [0.25, 0.3) is 5.92 Å². The quantitative estimate of drug-likeness (QED) is 0.767. The number of nitrogens with zero attached hydrogens (tertiary/aromatic N) is 6. The SMILES string of the molecule is CC(C)(C)c1nc(N2CCC(F)(F)C2)c2nnn(CC(F)(F)F)c2n1. The van der Waals surface area contributed by atoms with Gasteiger partial charge in [-0.3, -0.25) is 0 Å². The fourth-order valence-electron chi connectivity index (χ4n) is 2.59. The van der Waals surface area contributed by atoms with E-state index in [0.717, 1.165) is 0 Å². The third kappa shape index (κ3) is 3.64. The Morgan fingerprint density at radius 1 is 1.12 bits per heavy atom. The first-order valence-electron chi connectivity index (χ1n) is 7.67. The summed E-state index contributed by atoms with van der Waals surface area (Å²) in [5.41, 5.74) is -0.698. The molecule has 0 radical (unpaired) electrons. The zero-order valence-corrected chi connectivity index (χ0v) is 13.9. The lowest BCUT2D eigenvalue weighted by atomic mass is 9.96. The van der Waals surface area contributed by atoms with E-state index in [1.165, 1.54) is 4.90 Å². The van der Waals surface area contributed by atoms with Gasteiger partial charge in [-0.25, -0.2) is 23.4 Å². The van der Waals surface area contributed by atoms with Crippen LogP contribution in [0.1, 0.15) is 33.0 Å². The van der Waals surface area contributed by atoms with Crippen molar-refractivity contribution in [2.75, 3.05) is 18.0 Å². The Morgan fingerprint density at radius 3 is 2.32 bits per heavy atom. The molecule has 0 spiro atoms. The highest BCUT2D eigenvalue weighted by Gasteiger charge is 2.40. The van der Waals surface area contributed by atoms with Crippen LogP contribution in [0.3, 0.4) is 0 Å². The summed E-state index contributed by atoms with van der Waals surface area (Å²) in [4.78, 5) is 9.81. The van der Waals surface area contributed by atoms with Crippen molar-refractivity contribution < 1.29 is 22.0 Å². The van der Waals surface area contributed by atoms with Crippen molar-refractivity contribution >= 4 is 17.0 Å². The molecule has 6 nitrogen and oxygen atoms in total. The molecular weight excluding hydrogens is 347 g/mol. The molecule has 2 aromatic rings. The Kier molecular flexibility index (Phi) is 3.88. The van der Waals surface area contributed by atoms with E-state index in [-0.39, 0.29) is 35.8 Å². The third-order valence-electron chi connectivity index (χ3n) is 3.81. The largest absolute Gasteiger partial charge is 0.408 e. The second-order valence-corrected chi connectivity index (χ2v) is 7.18. The van der Waals surface area contributed by atoms with Gasteiger partial charge in [0, 0.05) is 18.4 Å². The second kappa shape index (κ2) is 5.46. The highest BCUT2D eigenvalue weighted by Crippen LogP contribution is 2.34. The zero-order valence-electron chi connectivity index (χ0n) is 13.9. The van der Waals surface area contributed by atoms with Crippen molar-refractivity contribution in [2.24, 2.45) is 0 Å². The molecule has 0 unspecified atom stereocenters. The molecular formula is C14H17F5N6. The lowest BCUT2D eigenvalue weighted by Crippen LogP contribution is -2.27. The Bertz CT molecular complexity index is 791. The lowest BCUT2D eigenvalue weighted by Gasteiger charge is -2.22. The topological polar surface area (TPSA) is 59.7 Å². The van der Waals surface area contributed by atoms with Crippen molar-refractivity contribution in [2.45, 2.75) is 51.3 Å². The van der Waals surface area contributed by atoms with Gasteiger partial charge in [0.2, 0.25) is 0 Å². The summed E-state index contributed by atoms with van der Waals surface area (Å²) < 4.78 is 66.0. The molecule has 0 amide bonds. The zero-order chi connectivity index (χ0) is 18.6. The number of hydrogen-bond donors (Lipinski definition) is 0. The van der Waals surface area contributed by atoms with E-state index in [2.05, 4.69) is 20.3 Å². The van der Waals surface area contributed by atoms with E-state index in [0.29, 0.717) is 4.68 Å². The molecule has 0 atom stereocenters. The van der Waals surface area contributed by atoms with Crippen LogP contribution in [-0.2, 0) is 12.0 Å². The molecule has 2 aromatic heterocycles. The first-order valence-corrected chi connectivity index (χ1v) is 7.67. The van der Waals surface area contributed by atoms with Crippen molar-refractivity contribution in [1.82, 2.24) is 25.0 Å². The minimum Gasteiger partial charge on any atom is -0.348 e. The monoisotopic (exact) mass is 364 g/mol. The van der Waals surface area contributed by atoms with Gasteiger partial charge < -0.3 is 4.90 Å². The molecule has 3 heterocycles. The molecule has 11 heteroatoms. The van der Waals surface area contributed by atoms with Crippen LogP contribution in [0.4, 0.5) is 27.8 Å². The summed E-state index contributed by atoms with van der Waals surface area (Å²) in [7, 11) is 0. The summed E-state index contributed by atoms with van der Waals surface area (Å²) in [6.07, 6.45) is -4.85. The molecule has 0 aliphatic carbocycles. The fourth-order valence-corrected chi connectivity index (χ4v) is 2.59. The molecule has 0 bridgehead atoms. The molecule has 0 N–H and O–H groups in total. The number of anilines is 1. The van der Waals surface area contributed by atoms with Gasteiger partial charge >= 0.3 is 6.18 Å². The van der Waals surface area contributed by atoms with E-state index in [4.69, 9.17) is 0 Å². The van der Waals surface area contributed by atoms with Crippen LogP contribution in [0, 0.1) is 0 Å². The molecule has 1 fully saturated rings. The normalized spacial score (nSPS) is 18.3. The van der Waals surface area contributed by atoms with E-state index in [9.17, 15) is 22.0 Å². The maximum Gasteiger partial charge on any atom is 0.408 e. The molecule has 25 heavy (non-hydrogen) atoms. The van der Waals surface area contributed by atoms with Gasteiger partial charge in [-0.05, 0) is 0 Å². The van der Waals surface area contributed by atoms with E-state index >= 15 is 0 Å². The van der Waals surface area contributed by atoms with E-state index in [1.54, 1.807) is 20.8 Å². The minimum absolute atomic E-state index is 0.00468. The maximum atomic E-state index is 13.6. The van der Waals surface area contributed by atoms with Crippen LogP contribution in [-0.4, -0.2) is 50.2 Å². The summed E-state index contributed by atoms with van der Waals surface area (Å²) >= 11 is 0. The fraction of sp³-hybridized carbons (Fsp3) is 0.714. The van der Waals surface area contributed by atoms with Gasteiger partial charge in [0.05, 0.1) is 6.54 Å². The van der Waals surface area contributed by atoms with E-state index in [1.807, 2.05) is 0 Å². The first kappa shape index (κ1) is 17.7. The molecule has 138 valence electrons. The average molecular weight is 364 g/mol. The number of halogens is 5. The summed E-state index contributed by atoms with van der Waals surface area (Å²) in [6.45, 7) is 3.47. The molecule has 1 aliphatic rings. The standard InChI is InChI=1S/C14H17F5N6/c1-12(2,3)11-20-9(24-5-4-13(15,16)6-24)8-10(21-11)25(23-22-8)7-14(17,18)19/h4-7H2,1-3H3. The highest BCUT2D eigenvalue weighted by molar-refractivity contribution is 5.83. The van der Waals surface area contributed by atoms with Crippen LogP contribution in [0.15, 0.2) is 0 Å². The molecule has 1 saturated heterocycles. The van der Waals surface area contributed by atoms with Crippen LogP contribution in [0.5, 0.6) is 0 Å². The van der Waals surface area contributed by atoms with E-state index < -0.39 is 30.6 Å². The van der Waals surface area contributed by atoms with Crippen LogP contribution in [0.25, 0.3) is 11.2 Å². The Labute approximate surface area is 140 Å². The van der Waals surface area contributed by atoms with Crippen LogP contribution >= 0.6 is 0 Å². The minimum atomic E-state index is -4.51. The van der Waals surface area contributed by atoms with Gasteiger partial charge in [-0.1, -0.05) is 26.0 Å². The third-order valence-corrected chi connectivity index (χ3v) is 3.81. The van der Waals surface area contributed by atoms with Gasteiger partial charge in [-0.2, -0.15) is 13.2 Å². The summed E-state index contributed by atoms with van der Waals surface area (Å²) in [5.74, 6) is -2.53. The Balaban J connectivity index is 2.15. The van der Waals surface area contributed by atoms with Gasteiger partial charge in [0.1, 0.15) is 12.4 Å². The van der Waals surface area contributed by atoms with Crippen molar-refractivity contribution in [3.05, 3.63) is 5.82 Å². The van der Waals surface area contributed by atoms with Crippen molar-refractivity contribution in [1.29, 1.82) is 0 Å². The molecule has 0 saturated carbocycles. The van der Waals surface area contributed by atoms with Crippen LogP contribution < -0.4 is 4.90 Å². The lowest BCUT2D eigenvalue weighted by molar-refractivity contribution is -0.142. The average Bonchev–Trinajstić information content (AvgIpc) is 2.99. The molecule has 0 aromatic carbocycles. The smallest absolute Gasteiger partial charge is 0.348 e.